The van der Waals surface area contributed by atoms with Gasteiger partial charge in [0.05, 0.1) is 60.3 Å². The van der Waals surface area contributed by atoms with E-state index in [0.717, 1.165) is 53.4 Å². The van der Waals surface area contributed by atoms with Crippen molar-refractivity contribution in [3.05, 3.63) is 40.5 Å². The molecule has 0 saturated heterocycles. The van der Waals surface area contributed by atoms with Gasteiger partial charge in [-0.2, -0.15) is 0 Å². The van der Waals surface area contributed by atoms with Crippen molar-refractivity contribution in [2.75, 3.05) is 49.1 Å². The maximum Gasteiger partial charge on any atom is 0.203 e. The third kappa shape index (κ3) is 2.89. The molecule has 0 N–H and O–H groups in total. The summed E-state index contributed by atoms with van der Waals surface area (Å²) in [6, 6.07) is 6.56. The van der Waals surface area contributed by atoms with Crippen LogP contribution in [0.5, 0.6) is 28.7 Å². The zero-order valence-electron chi connectivity index (χ0n) is 18.1. The first-order chi connectivity index (χ1) is 14.0. The second-order valence-corrected chi connectivity index (χ2v) is 7.99. The van der Waals surface area contributed by atoms with E-state index < -0.39 is 0 Å². The number of nitrogens with zero attached hydrogens (tertiary/aromatic N) is 1. The third-order valence-electron chi connectivity index (χ3n) is 6.61. The molecule has 0 amide bonds. The average Bonchev–Trinajstić information content (AvgIpc) is 2.75. The Hall–Kier alpha value is -2.60. The van der Waals surface area contributed by atoms with E-state index in [2.05, 4.69) is 19.2 Å². The molecule has 2 atom stereocenters. The molecule has 0 aromatic heterocycles. The summed E-state index contributed by atoms with van der Waals surface area (Å²) in [5, 5.41) is 0. The van der Waals surface area contributed by atoms with Crippen molar-refractivity contribution in [1.82, 2.24) is 0 Å². The summed E-state index contributed by atoms with van der Waals surface area (Å²) in [6.45, 7) is 1.92. The molecule has 6 nitrogen and oxygen atoms in total. The van der Waals surface area contributed by atoms with E-state index in [1.165, 1.54) is 22.3 Å². The van der Waals surface area contributed by atoms with Crippen LogP contribution in [0.25, 0.3) is 0 Å². The van der Waals surface area contributed by atoms with Crippen LogP contribution in [-0.4, -0.2) is 53.6 Å². The third-order valence-corrected chi connectivity index (χ3v) is 6.61. The van der Waals surface area contributed by atoms with Crippen molar-refractivity contribution in [1.29, 1.82) is 0 Å². The number of rotatable bonds is 5. The van der Waals surface area contributed by atoms with Crippen LogP contribution < -0.4 is 23.7 Å². The number of methoxy groups -OCH3 is 5. The molecule has 2 heterocycles. The Bertz CT molecular complexity index is 942. The molecule has 2 aliphatic heterocycles. The predicted octanol–water partition coefficient (Wildman–Crippen LogP) is 3.53. The van der Waals surface area contributed by atoms with Gasteiger partial charge in [0.15, 0.2) is 23.0 Å². The van der Waals surface area contributed by atoms with Crippen molar-refractivity contribution < 1.29 is 28.2 Å². The smallest absolute Gasteiger partial charge is 0.203 e. The highest BCUT2D eigenvalue weighted by molar-refractivity contribution is 5.61. The lowest BCUT2D eigenvalue weighted by atomic mass is 9.81. The molecule has 0 spiro atoms. The SMILES string of the molecule is COc1ccc2c(c1OC)C[N@+]1(C)CCc3cc(OC)c(OC)c(OC)c3[C@@H]1C2. The molecule has 0 unspecified atom stereocenters. The fourth-order valence-corrected chi connectivity index (χ4v) is 5.12. The second-order valence-electron chi connectivity index (χ2n) is 7.99. The minimum absolute atomic E-state index is 0.277. The highest BCUT2D eigenvalue weighted by Gasteiger charge is 2.46. The first-order valence-electron chi connectivity index (χ1n) is 9.90. The summed E-state index contributed by atoms with van der Waals surface area (Å²) in [5.41, 5.74) is 5.06. The van der Waals surface area contributed by atoms with Crippen molar-refractivity contribution in [2.24, 2.45) is 0 Å². The van der Waals surface area contributed by atoms with Crippen LogP contribution in [-0.2, 0) is 19.4 Å². The van der Waals surface area contributed by atoms with E-state index in [-0.39, 0.29) is 6.04 Å². The zero-order valence-corrected chi connectivity index (χ0v) is 18.1. The Labute approximate surface area is 172 Å². The summed E-state index contributed by atoms with van der Waals surface area (Å²) >= 11 is 0. The number of benzene rings is 2. The Morgan fingerprint density at radius 1 is 0.793 bits per heavy atom. The Morgan fingerprint density at radius 2 is 1.48 bits per heavy atom. The fourth-order valence-electron chi connectivity index (χ4n) is 5.12. The quantitative estimate of drug-likeness (QED) is 0.719. The number of hydrogen-bond donors (Lipinski definition) is 0. The number of hydrogen-bond acceptors (Lipinski definition) is 5. The molecule has 2 aromatic rings. The Kier molecular flexibility index (Phi) is 4.99. The second kappa shape index (κ2) is 7.34. The zero-order chi connectivity index (χ0) is 20.8. The lowest BCUT2D eigenvalue weighted by Crippen LogP contribution is -2.53. The van der Waals surface area contributed by atoms with Crippen LogP contribution in [0.3, 0.4) is 0 Å². The molecular weight excluding hydrogens is 370 g/mol. The first-order valence-corrected chi connectivity index (χ1v) is 9.90. The van der Waals surface area contributed by atoms with Gasteiger partial charge in [0.1, 0.15) is 12.6 Å². The fraction of sp³-hybridized carbons (Fsp3) is 0.478. The highest BCUT2D eigenvalue weighted by Crippen LogP contribution is 2.53. The van der Waals surface area contributed by atoms with Gasteiger partial charge in [-0.1, -0.05) is 6.07 Å². The molecule has 0 radical (unpaired) electrons. The van der Waals surface area contributed by atoms with E-state index >= 15 is 0 Å². The molecule has 0 saturated carbocycles. The molecule has 0 aliphatic carbocycles. The van der Waals surface area contributed by atoms with Gasteiger partial charge in [-0.25, -0.2) is 0 Å². The monoisotopic (exact) mass is 400 g/mol. The van der Waals surface area contributed by atoms with Gasteiger partial charge < -0.3 is 28.2 Å². The van der Waals surface area contributed by atoms with E-state index in [4.69, 9.17) is 23.7 Å². The van der Waals surface area contributed by atoms with Crippen molar-refractivity contribution >= 4 is 0 Å². The lowest BCUT2D eigenvalue weighted by Gasteiger charge is -2.49. The van der Waals surface area contributed by atoms with E-state index in [1.807, 2.05) is 6.07 Å². The van der Waals surface area contributed by atoms with Gasteiger partial charge in [0, 0.05) is 12.8 Å². The molecular formula is C23H30NO5+. The standard InChI is InChI=1S/C23H30NO5/c1-24-10-9-15-12-19(26-3)22(28-5)23(29-6)20(15)17(24)11-14-7-8-18(25-2)21(27-4)16(14)13-24/h7-8,12,17H,9-11,13H2,1-6H3/q+1/t17-,24-/m0/s1. The van der Waals surface area contributed by atoms with Crippen LogP contribution in [0, 0.1) is 0 Å². The normalized spacial score (nSPS) is 22.1. The predicted molar refractivity (Wildman–Crippen MR) is 111 cm³/mol. The highest BCUT2D eigenvalue weighted by atomic mass is 16.5. The minimum Gasteiger partial charge on any atom is -0.493 e. The largest absolute Gasteiger partial charge is 0.493 e. The topological polar surface area (TPSA) is 46.2 Å². The molecule has 6 heteroatoms. The van der Waals surface area contributed by atoms with Gasteiger partial charge in [-0.3, -0.25) is 0 Å². The molecule has 29 heavy (non-hydrogen) atoms. The summed E-state index contributed by atoms with van der Waals surface area (Å²) in [5.74, 6) is 3.83. The van der Waals surface area contributed by atoms with Gasteiger partial charge in [0.25, 0.3) is 0 Å². The maximum absolute atomic E-state index is 5.88. The number of fused-ring (bicyclic) bond motifs is 4. The van der Waals surface area contributed by atoms with Gasteiger partial charge in [-0.05, 0) is 23.3 Å². The Balaban J connectivity index is 1.89. The van der Waals surface area contributed by atoms with Crippen LogP contribution in [0.4, 0.5) is 0 Å². The van der Waals surface area contributed by atoms with Crippen molar-refractivity contribution in [2.45, 2.75) is 25.4 Å². The average molecular weight is 400 g/mol. The minimum atomic E-state index is 0.277. The van der Waals surface area contributed by atoms with Crippen LogP contribution in [0.1, 0.15) is 28.3 Å². The van der Waals surface area contributed by atoms with Crippen molar-refractivity contribution in [3.63, 3.8) is 0 Å². The summed E-state index contributed by atoms with van der Waals surface area (Å²) in [7, 11) is 10.8. The first kappa shape index (κ1) is 19.7. The molecule has 0 bridgehead atoms. The number of likely N-dealkylation sites (N-methyl/N-ethyl adjacent to an activating group) is 1. The van der Waals surface area contributed by atoms with E-state index in [0.29, 0.717) is 5.75 Å². The summed E-state index contributed by atoms with van der Waals surface area (Å²) in [6.07, 6.45) is 1.87. The molecule has 156 valence electrons. The molecule has 4 rings (SSSR count). The summed E-state index contributed by atoms with van der Waals surface area (Å²) < 4.78 is 29.3. The molecule has 2 aromatic carbocycles. The summed E-state index contributed by atoms with van der Waals surface area (Å²) in [4.78, 5) is 0. The van der Waals surface area contributed by atoms with E-state index in [9.17, 15) is 0 Å². The Morgan fingerprint density at radius 3 is 2.10 bits per heavy atom. The van der Waals surface area contributed by atoms with Gasteiger partial charge in [-0.15, -0.1) is 0 Å². The van der Waals surface area contributed by atoms with Crippen LogP contribution >= 0.6 is 0 Å². The number of quaternary nitrogens is 1. The molecule has 0 fully saturated rings. The van der Waals surface area contributed by atoms with Crippen molar-refractivity contribution in [3.8, 4) is 28.7 Å². The van der Waals surface area contributed by atoms with Gasteiger partial charge in [0.2, 0.25) is 5.75 Å². The molecule has 2 aliphatic rings. The number of ether oxygens (including phenoxy) is 5. The van der Waals surface area contributed by atoms with Crippen LogP contribution in [0.15, 0.2) is 18.2 Å². The van der Waals surface area contributed by atoms with Gasteiger partial charge >= 0.3 is 0 Å². The lowest BCUT2D eigenvalue weighted by molar-refractivity contribution is -0.956. The van der Waals surface area contributed by atoms with Crippen LogP contribution in [0.2, 0.25) is 0 Å². The maximum atomic E-state index is 5.88. The van der Waals surface area contributed by atoms with E-state index in [1.54, 1.807) is 35.5 Å².